The zero-order valence-corrected chi connectivity index (χ0v) is 15.6. The Hall–Kier alpha value is -2.38. The molecule has 0 aliphatic rings. The van der Waals surface area contributed by atoms with Crippen LogP contribution in [-0.2, 0) is 17.8 Å². The zero-order chi connectivity index (χ0) is 18.2. The molecule has 2 aromatic carbocycles. The summed E-state index contributed by atoms with van der Waals surface area (Å²) in [6.45, 7) is 1.16. The lowest BCUT2D eigenvalue weighted by Crippen LogP contribution is -2.27. The van der Waals surface area contributed by atoms with Crippen molar-refractivity contribution in [2.75, 3.05) is 12.3 Å². The van der Waals surface area contributed by atoms with Gasteiger partial charge in [-0.05, 0) is 40.1 Å². The molecular formula is C18H18ClN5OS. The van der Waals surface area contributed by atoms with Crippen molar-refractivity contribution in [2.45, 2.75) is 18.1 Å². The van der Waals surface area contributed by atoms with Gasteiger partial charge in [0.1, 0.15) is 0 Å². The van der Waals surface area contributed by atoms with Crippen LogP contribution in [0.2, 0.25) is 5.02 Å². The van der Waals surface area contributed by atoms with Gasteiger partial charge >= 0.3 is 0 Å². The first-order valence-electron chi connectivity index (χ1n) is 8.15. The third-order valence-electron chi connectivity index (χ3n) is 3.66. The lowest BCUT2D eigenvalue weighted by Gasteiger charge is -2.06. The van der Waals surface area contributed by atoms with Crippen molar-refractivity contribution in [3.05, 3.63) is 70.7 Å². The molecule has 6 nitrogen and oxygen atoms in total. The molecule has 0 atom stereocenters. The number of rotatable bonds is 8. The highest BCUT2D eigenvalue weighted by atomic mass is 35.5. The minimum absolute atomic E-state index is 0.0433. The summed E-state index contributed by atoms with van der Waals surface area (Å²) in [5, 5.41) is 15.9. The van der Waals surface area contributed by atoms with Crippen LogP contribution in [0.1, 0.15) is 11.1 Å². The number of nitrogens with one attached hydrogen (secondary N) is 1. The Morgan fingerprint density at radius 2 is 1.85 bits per heavy atom. The van der Waals surface area contributed by atoms with Crippen LogP contribution in [0.25, 0.3) is 0 Å². The van der Waals surface area contributed by atoms with E-state index >= 15 is 0 Å². The molecule has 0 saturated heterocycles. The Bertz CT molecular complexity index is 838. The molecule has 1 heterocycles. The topological polar surface area (TPSA) is 72.7 Å². The maximum absolute atomic E-state index is 12.0. The van der Waals surface area contributed by atoms with Gasteiger partial charge in [0.05, 0.1) is 12.3 Å². The SMILES string of the molecule is O=C(CSc1nnnn1Cc1ccccc1)NCCc1ccc(Cl)cc1. The van der Waals surface area contributed by atoms with Gasteiger partial charge in [-0.3, -0.25) is 4.79 Å². The first-order valence-corrected chi connectivity index (χ1v) is 9.51. The molecule has 0 aliphatic carbocycles. The summed E-state index contributed by atoms with van der Waals surface area (Å²) in [6.07, 6.45) is 0.763. The highest BCUT2D eigenvalue weighted by Gasteiger charge is 2.10. The van der Waals surface area contributed by atoms with Gasteiger partial charge in [0.25, 0.3) is 0 Å². The van der Waals surface area contributed by atoms with E-state index in [-0.39, 0.29) is 11.7 Å². The van der Waals surface area contributed by atoms with Crippen molar-refractivity contribution in [3.8, 4) is 0 Å². The molecule has 0 fully saturated rings. The van der Waals surface area contributed by atoms with Crippen molar-refractivity contribution < 1.29 is 4.79 Å². The molecule has 8 heteroatoms. The number of nitrogens with zero attached hydrogens (tertiary/aromatic N) is 4. The van der Waals surface area contributed by atoms with Crippen molar-refractivity contribution in [3.63, 3.8) is 0 Å². The lowest BCUT2D eigenvalue weighted by atomic mass is 10.1. The largest absolute Gasteiger partial charge is 0.355 e. The monoisotopic (exact) mass is 387 g/mol. The molecule has 3 aromatic rings. The second kappa shape index (κ2) is 9.35. The van der Waals surface area contributed by atoms with Crippen LogP contribution in [-0.4, -0.2) is 38.4 Å². The smallest absolute Gasteiger partial charge is 0.230 e. The number of halogens is 1. The Morgan fingerprint density at radius 3 is 2.62 bits per heavy atom. The van der Waals surface area contributed by atoms with Gasteiger partial charge in [-0.2, -0.15) is 0 Å². The fraction of sp³-hybridized carbons (Fsp3) is 0.222. The third kappa shape index (κ3) is 5.57. The maximum atomic E-state index is 12.0. The first-order chi connectivity index (χ1) is 12.7. The number of hydrogen-bond donors (Lipinski definition) is 1. The van der Waals surface area contributed by atoms with Crippen LogP contribution >= 0.6 is 23.4 Å². The van der Waals surface area contributed by atoms with Gasteiger partial charge in [-0.25, -0.2) is 4.68 Å². The molecule has 1 amide bonds. The first kappa shape index (κ1) is 18.4. The van der Waals surface area contributed by atoms with E-state index in [1.165, 1.54) is 11.8 Å². The minimum Gasteiger partial charge on any atom is -0.355 e. The summed E-state index contributed by atoms with van der Waals surface area (Å²) in [5.41, 5.74) is 2.24. The standard InChI is InChI=1S/C18H18ClN5OS/c19-16-8-6-14(7-9-16)10-11-20-17(25)13-26-18-21-22-23-24(18)12-15-4-2-1-3-5-15/h1-9H,10-13H2,(H,20,25). The molecule has 26 heavy (non-hydrogen) atoms. The minimum atomic E-state index is -0.0433. The van der Waals surface area contributed by atoms with Gasteiger partial charge in [0.2, 0.25) is 11.1 Å². The molecule has 1 aromatic heterocycles. The van der Waals surface area contributed by atoms with E-state index in [1.807, 2.05) is 54.6 Å². The normalized spacial score (nSPS) is 10.7. The van der Waals surface area contributed by atoms with Crippen LogP contribution in [0.15, 0.2) is 59.8 Å². The second-order valence-electron chi connectivity index (χ2n) is 5.62. The predicted molar refractivity (Wildman–Crippen MR) is 102 cm³/mol. The Morgan fingerprint density at radius 1 is 1.08 bits per heavy atom. The number of tetrazole rings is 1. The van der Waals surface area contributed by atoms with E-state index in [0.29, 0.717) is 23.3 Å². The number of thioether (sulfide) groups is 1. The molecule has 0 unspecified atom stereocenters. The fourth-order valence-corrected chi connectivity index (χ4v) is 3.17. The maximum Gasteiger partial charge on any atom is 0.230 e. The average molecular weight is 388 g/mol. The Kier molecular flexibility index (Phi) is 6.62. The van der Waals surface area contributed by atoms with Crippen molar-refractivity contribution in [2.24, 2.45) is 0 Å². The van der Waals surface area contributed by atoms with Gasteiger partial charge in [0.15, 0.2) is 0 Å². The van der Waals surface area contributed by atoms with E-state index in [9.17, 15) is 4.79 Å². The fourth-order valence-electron chi connectivity index (χ4n) is 2.33. The summed E-state index contributed by atoms with van der Waals surface area (Å²) in [7, 11) is 0. The van der Waals surface area contributed by atoms with Gasteiger partial charge in [0, 0.05) is 11.6 Å². The molecule has 1 N–H and O–H groups in total. The Labute approximate surface area is 160 Å². The highest BCUT2D eigenvalue weighted by Crippen LogP contribution is 2.15. The highest BCUT2D eigenvalue weighted by molar-refractivity contribution is 7.99. The summed E-state index contributed by atoms with van der Waals surface area (Å²) in [4.78, 5) is 12.0. The summed E-state index contributed by atoms with van der Waals surface area (Å²) in [5.74, 6) is 0.230. The molecule has 134 valence electrons. The number of amides is 1. The molecular weight excluding hydrogens is 370 g/mol. The van der Waals surface area contributed by atoms with Crippen LogP contribution in [0.3, 0.4) is 0 Å². The van der Waals surface area contributed by atoms with Crippen LogP contribution in [0.4, 0.5) is 0 Å². The predicted octanol–water partition coefficient (Wildman–Crippen LogP) is 2.83. The average Bonchev–Trinajstić information content (AvgIpc) is 3.09. The van der Waals surface area contributed by atoms with Crippen molar-refractivity contribution in [1.29, 1.82) is 0 Å². The Balaban J connectivity index is 1.43. The van der Waals surface area contributed by atoms with Crippen LogP contribution < -0.4 is 5.32 Å². The van der Waals surface area contributed by atoms with E-state index in [1.54, 1.807) is 4.68 Å². The van der Waals surface area contributed by atoms with Crippen molar-refractivity contribution >= 4 is 29.3 Å². The van der Waals surface area contributed by atoms with E-state index < -0.39 is 0 Å². The number of carbonyl (C=O) groups is 1. The zero-order valence-electron chi connectivity index (χ0n) is 14.0. The molecule has 0 aliphatic heterocycles. The summed E-state index contributed by atoms with van der Waals surface area (Å²) >= 11 is 7.19. The van der Waals surface area contributed by atoms with E-state index in [2.05, 4.69) is 20.8 Å². The van der Waals surface area contributed by atoms with Gasteiger partial charge in [-0.1, -0.05) is 65.8 Å². The van der Waals surface area contributed by atoms with Gasteiger partial charge in [-0.15, -0.1) is 5.10 Å². The molecule has 0 spiro atoms. The number of hydrogen-bond acceptors (Lipinski definition) is 5. The lowest BCUT2D eigenvalue weighted by molar-refractivity contribution is -0.118. The van der Waals surface area contributed by atoms with E-state index in [4.69, 9.17) is 11.6 Å². The van der Waals surface area contributed by atoms with Gasteiger partial charge < -0.3 is 5.32 Å². The summed E-state index contributed by atoms with van der Waals surface area (Å²) < 4.78 is 1.70. The molecule has 0 radical (unpaired) electrons. The summed E-state index contributed by atoms with van der Waals surface area (Å²) in [6, 6.07) is 17.6. The van der Waals surface area contributed by atoms with E-state index in [0.717, 1.165) is 17.5 Å². The second-order valence-corrected chi connectivity index (χ2v) is 7.00. The molecule has 0 saturated carbocycles. The molecule has 0 bridgehead atoms. The number of aromatic nitrogens is 4. The number of carbonyl (C=O) groups excluding carboxylic acids is 1. The molecule has 3 rings (SSSR count). The van der Waals surface area contributed by atoms with Crippen LogP contribution in [0.5, 0.6) is 0 Å². The third-order valence-corrected chi connectivity index (χ3v) is 4.86. The van der Waals surface area contributed by atoms with Crippen LogP contribution in [0, 0.1) is 0 Å². The van der Waals surface area contributed by atoms with Crippen molar-refractivity contribution in [1.82, 2.24) is 25.5 Å². The number of benzene rings is 2. The quantitative estimate of drug-likeness (QED) is 0.602.